The highest BCUT2D eigenvalue weighted by Crippen LogP contribution is 2.43. The summed E-state index contributed by atoms with van der Waals surface area (Å²) < 4.78 is 21.9. The van der Waals surface area contributed by atoms with Crippen LogP contribution >= 0.6 is 0 Å². The number of carbonyl (C=O) groups excluding carboxylic acids is 1. The normalized spacial score (nSPS) is 16.4. The van der Waals surface area contributed by atoms with Gasteiger partial charge in [-0.3, -0.25) is 4.79 Å². The average Bonchev–Trinajstić information content (AvgIpc) is 2.70. The van der Waals surface area contributed by atoms with Crippen LogP contribution in [0.5, 0.6) is 23.0 Å². The van der Waals surface area contributed by atoms with Crippen molar-refractivity contribution >= 4 is 12.4 Å². The van der Waals surface area contributed by atoms with E-state index >= 15 is 0 Å². The third-order valence-corrected chi connectivity index (χ3v) is 4.76. The van der Waals surface area contributed by atoms with Gasteiger partial charge < -0.3 is 24.1 Å². The molecule has 6 heteroatoms. The van der Waals surface area contributed by atoms with Gasteiger partial charge in [-0.05, 0) is 49.8 Å². The minimum atomic E-state index is -1.90. The molecule has 148 valence electrons. The summed E-state index contributed by atoms with van der Waals surface area (Å²) in [5.74, 6) is 1.76. The lowest BCUT2D eigenvalue weighted by Crippen LogP contribution is -2.30. The van der Waals surface area contributed by atoms with E-state index in [1.54, 1.807) is 30.3 Å². The summed E-state index contributed by atoms with van der Waals surface area (Å²) in [7, 11) is 4.44. The fourth-order valence-corrected chi connectivity index (χ4v) is 3.22. The predicted octanol–water partition coefficient (Wildman–Crippen LogP) is 3.33. The minimum absolute atomic E-state index is 0.304. The van der Waals surface area contributed by atoms with Gasteiger partial charge in [0.05, 0.1) is 21.3 Å². The van der Waals surface area contributed by atoms with Crippen molar-refractivity contribution in [1.82, 2.24) is 0 Å². The molecule has 1 aliphatic heterocycles. The fourth-order valence-electron chi connectivity index (χ4n) is 3.22. The van der Waals surface area contributed by atoms with Gasteiger partial charge in [0.25, 0.3) is 0 Å². The third kappa shape index (κ3) is 3.31. The molecular weight excluding hydrogens is 360 g/mol. The zero-order chi connectivity index (χ0) is 20.5. The van der Waals surface area contributed by atoms with E-state index in [2.05, 4.69) is 0 Å². The van der Waals surface area contributed by atoms with Crippen molar-refractivity contribution in [2.24, 2.45) is 0 Å². The van der Waals surface area contributed by atoms with Crippen LogP contribution in [-0.2, 0) is 10.4 Å². The fraction of sp³-hybridized carbons (Fsp3) is 0.318. The van der Waals surface area contributed by atoms with Crippen LogP contribution in [0.4, 0.5) is 0 Å². The highest BCUT2D eigenvalue weighted by atomic mass is 16.5. The second kappa shape index (κ2) is 7.20. The summed E-state index contributed by atoms with van der Waals surface area (Å²) in [4.78, 5) is 12.0. The average molecular weight is 384 g/mol. The number of methoxy groups -OCH3 is 3. The van der Waals surface area contributed by atoms with E-state index in [1.165, 1.54) is 21.3 Å². The van der Waals surface area contributed by atoms with Crippen molar-refractivity contribution in [2.75, 3.05) is 21.3 Å². The molecule has 0 amide bonds. The van der Waals surface area contributed by atoms with Crippen LogP contribution < -0.4 is 18.9 Å². The largest absolute Gasteiger partial charge is 0.493 e. The van der Waals surface area contributed by atoms with Crippen LogP contribution in [0.15, 0.2) is 36.4 Å². The molecule has 2 aromatic rings. The summed E-state index contributed by atoms with van der Waals surface area (Å²) in [6.45, 7) is 3.91. The summed E-state index contributed by atoms with van der Waals surface area (Å²) in [5, 5.41) is 11.3. The van der Waals surface area contributed by atoms with E-state index in [-0.39, 0.29) is 0 Å². The Hall–Kier alpha value is -2.99. The first-order valence-electron chi connectivity index (χ1n) is 8.80. The van der Waals surface area contributed by atoms with Crippen LogP contribution in [0.2, 0.25) is 0 Å². The van der Waals surface area contributed by atoms with Crippen LogP contribution in [0, 0.1) is 0 Å². The molecule has 0 spiro atoms. The summed E-state index contributed by atoms with van der Waals surface area (Å²) >= 11 is 0. The molecule has 0 saturated carbocycles. The van der Waals surface area contributed by atoms with Gasteiger partial charge in [0.2, 0.25) is 5.75 Å². The Morgan fingerprint density at radius 2 is 1.64 bits per heavy atom. The van der Waals surface area contributed by atoms with E-state index in [9.17, 15) is 9.90 Å². The standard InChI is InChI=1S/C22H24O6/c1-21(2)9-8-14-10-15(6-7-17(14)28-21)22(24,13-23)16-11-18(25-3)20(27-5)19(12-16)26-4/h6-13,24H,1-5H3. The SMILES string of the molecule is COc1cc(C(O)(C=O)c2ccc3c(c2)C=CC(C)(C)O3)cc(OC)c1OC. The molecule has 1 unspecified atom stereocenters. The highest BCUT2D eigenvalue weighted by Gasteiger charge is 2.35. The quantitative estimate of drug-likeness (QED) is 0.770. The van der Waals surface area contributed by atoms with E-state index in [1.807, 2.05) is 26.0 Å². The number of hydrogen-bond donors (Lipinski definition) is 1. The summed E-state index contributed by atoms with van der Waals surface area (Å²) in [6, 6.07) is 8.28. The molecule has 2 aromatic carbocycles. The van der Waals surface area contributed by atoms with Crippen molar-refractivity contribution in [3.05, 3.63) is 53.1 Å². The van der Waals surface area contributed by atoms with Gasteiger partial charge in [0, 0.05) is 11.1 Å². The summed E-state index contributed by atoms with van der Waals surface area (Å²) in [6.07, 6.45) is 4.34. The Labute approximate surface area is 164 Å². The van der Waals surface area contributed by atoms with Crippen LogP contribution in [0.3, 0.4) is 0 Å². The Morgan fingerprint density at radius 3 is 2.18 bits per heavy atom. The van der Waals surface area contributed by atoms with Crippen LogP contribution in [0.1, 0.15) is 30.5 Å². The molecular formula is C22H24O6. The van der Waals surface area contributed by atoms with Gasteiger partial charge in [0.15, 0.2) is 23.4 Å². The number of benzene rings is 2. The Morgan fingerprint density at radius 1 is 1.00 bits per heavy atom. The van der Waals surface area contributed by atoms with Crippen molar-refractivity contribution in [3.63, 3.8) is 0 Å². The Bertz CT molecular complexity index is 906. The zero-order valence-electron chi connectivity index (χ0n) is 16.6. The second-order valence-electron chi connectivity index (χ2n) is 7.09. The predicted molar refractivity (Wildman–Crippen MR) is 105 cm³/mol. The maximum absolute atomic E-state index is 12.0. The number of hydrogen-bond acceptors (Lipinski definition) is 6. The topological polar surface area (TPSA) is 74.2 Å². The van der Waals surface area contributed by atoms with Gasteiger partial charge in [-0.15, -0.1) is 0 Å². The number of aldehydes is 1. The molecule has 1 N–H and O–H groups in total. The molecule has 6 nitrogen and oxygen atoms in total. The molecule has 28 heavy (non-hydrogen) atoms. The van der Waals surface area contributed by atoms with Gasteiger partial charge in [0.1, 0.15) is 11.4 Å². The van der Waals surface area contributed by atoms with Gasteiger partial charge in [-0.1, -0.05) is 12.1 Å². The van der Waals surface area contributed by atoms with Crippen LogP contribution in [0.25, 0.3) is 6.08 Å². The lowest BCUT2D eigenvalue weighted by atomic mass is 9.85. The monoisotopic (exact) mass is 384 g/mol. The molecule has 1 atom stereocenters. The van der Waals surface area contributed by atoms with Crippen molar-refractivity contribution < 1.29 is 28.8 Å². The van der Waals surface area contributed by atoms with E-state index < -0.39 is 11.2 Å². The molecule has 0 bridgehead atoms. The lowest BCUT2D eigenvalue weighted by molar-refractivity contribution is -0.121. The molecule has 1 heterocycles. The molecule has 3 rings (SSSR count). The number of carbonyl (C=O) groups is 1. The Kier molecular flexibility index (Phi) is 5.08. The first-order chi connectivity index (χ1) is 13.3. The van der Waals surface area contributed by atoms with Gasteiger partial charge in [-0.25, -0.2) is 0 Å². The van der Waals surface area contributed by atoms with Crippen molar-refractivity contribution in [1.29, 1.82) is 0 Å². The number of rotatable bonds is 6. The smallest absolute Gasteiger partial charge is 0.203 e. The maximum Gasteiger partial charge on any atom is 0.203 e. The molecule has 0 fully saturated rings. The lowest BCUT2D eigenvalue weighted by Gasteiger charge is -2.30. The molecule has 1 aliphatic rings. The first kappa shape index (κ1) is 19.8. The van der Waals surface area contributed by atoms with Crippen molar-refractivity contribution in [2.45, 2.75) is 25.0 Å². The number of ether oxygens (including phenoxy) is 4. The van der Waals surface area contributed by atoms with E-state index in [4.69, 9.17) is 18.9 Å². The van der Waals surface area contributed by atoms with E-state index in [0.717, 1.165) is 5.56 Å². The molecule has 0 aromatic heterocycles. The van der Waals surface area contributed by atoms with Crippen LogP contribution in [-0.4, -0.2) is 38.3 Å². The van der Waals surface area contributed by atoms with Crippen molar-refractivity contribution in [3.8, 4) is 23.0 Å². The minimum Gasteiger partial charge on any atom is -0.493 e. The number of aliphatic hydroxyl groups is 1. The van der Waals surface area contributed by atoms with Gasteiger partial charge >= 0.3 is 0 Å². The highest BCUT2D eigenvalue weighted by molar-refractivity contribution is 5.75. The number of fused-ring (bicyclic) bond motifs is 1. The summed E-state index contributed by atoms with van der Waals surface area (Å²) in [5.41, 5.74) is -0.819. The zero-order valence-corrected chi connectivity index (χ0v) is 16.6. The maximum atomic E-state index is 12.0. The van der Waals surface area contributed by atoms with E-state index in [0.29, 0.717) is 40.4 Å². The molecule has 0 aliphatic carbocycles. The first-order valence-corrected chi connectivity index (χ1v) is 8.80. The third-order valence-electron chi connectivity index (χ3n) is 4.76. The molecule has 0 saturated heterocycles. The van der Waals surface area contributed by atoms with Gasteiger partial charge in [-0.2, -0.15) is 0 Å². The second-order valence-corrected chi connectivity index (χ2v) is 7.09. The molecule has 0 radical (unpaired) electrons. The Balaban J connectivity index is 2.13.